The van der Waals surface area contributed by atoms with E-state index in [1.54, 1.807) is 6.33 Å². The van der Waals surface area contributed by atoms with Crippen LogP contribution in [0.3, 0.4) is 0 Å². The van der Waals surface area contributed by atoms with E-state index in [-0.39, 0.29) is 0 Å². The Bertz CT molecular complexity index is 542. The molecular formula is C12H9N3. The maximum Gasteiger partial charge on any atom is 0.164 e. The van der Waals surface area contributed by atoms with E-state index in [1.807, 2.05) is 53.2 Å². The molecule has 0 radical (unpaired) electrons. The van der Waals surface area contributed by atoms with Gasteiger partial charge in [-0.1, -0.05) is 18.2 Å². The van der Waals surface area contributed by atoms with Gasteiger partial charge in [-0.15, -0.1) is 0 Å². The summed E-state index contributed by atoms with van der Waals surface area (Å²) in [6.45, 7) is 0. The largest absolute Gasteiger partial charge is 0.300 e. The molecule has 0 atom stereocenters. The van der Waals surface area contributed by atoms with Gasteiger partial charge in [-0.3, -0.25) is 0 Å². The van der Waals surface area contributed by atoms with Crippen molar-refractivity contribution in [2.75, 3.05) is 0 Å². The van der Waals surface area contributed by atoms with Gasteiger partial charge in [-0.05, 0) is 24.3 Å². The molecule has 2 aliphatic heterocycles. The number of aromatic nitrogens is 3. The fourth-order valence-electron chi connectivity index (χ4n) is 1.66. The lowest BCUT2D eigenvalue weighted by molar-refractivity contribution is 1.02. The highest BCUT2D eigenvalue weighted by atomic mass is 15.1. The van der Waals surface area contributed by atoms with Gasteiger partial charge in [-0.2, -0.15) is 0 Å². The quantitative estimate of drug-likeness (QED) is 0.596. The molecule has 0 aliphatic carbocycles. The van der Waals surface area contributed by atoms with E-state index in [2.05, 4.69) is 9.97 Å². The number of fused-ring (bicyclic) bond motifs is 1. The Morgan fingerprint density at radius 3 is 2.60 bits per heavy atom. The molecular weight excluding hydrogens is 186 g/mol. The average molecular weight is 195 g/mol. The fraction of sp³-hybridized carbons (Fsp3) is 0. The maximum absolute atomic E-state index is 4.25. The standard InChI is InChI=1S/C12H9N3/c1-2-5-10(6-3-1)15-8-4-7-11-12(15)14-9-13-11/h1-9H. The molecule has 72 valence electrons. The number of para-hydroxylation sites is 1. The van der Waals surface area contributed by atoms with Gasteiger partial charge < -0.3 is 4.57 Å². The molecule has 1 aromatic rings. The minimum Gasteiger partial charge on any atom is -0.300 e. The number of hydrogen-bond acceptors (Lipinski definition) is 2. The third-order valence-corrected chi connectivity index (χ3v) is 2.36. The normalized spacial score (nSPS) is 10.7. The molecule has 1 aromatic carbocycles. The molecule has 0 unspecified atom stereocenters. The van der Waals surface area contributed by atoms with Gasteiger partial charge in [0, 0.05) is 11.9 Å². The molecule has 0 spiro atoms. The van der Waals surface area contributed by atoms with E-state index < -0.39 is 0 Å². The van der Waals surface area contributed by atoms with E-state index in [0.29, 0.717) is 0 Å². The van der Waals surface area contributed by atoms with Crippen LogP contribution in [0.1, 0.15) is 0 Å². The minimum atomic E-state index is 0.892. The zero-order valence-electron chi connectivity index (χ0n) is 8.04. The van der Waals surface area contributed by atoms with Crippen molar-refractivity contribution in [3.8, 4) is 17.2 Å². The van der Waals surface area contributed by atoms with Crippen LogP contribution >= 0.6 is 0 Å². The van der Waals surface area contributed by atoms with E-state index in [4.69, 9.17) is 0 Å². The third kappa shape index (κ3) is 1.29. The summed E-state index contributed by atoms with van der Waals surface area (Å²) in [5.41, 5.74) is 2.02. The Balaban J connectivity index is 2.25. The van der Waals surface area contributed by atoms with Crippen molar-refractivity contribution in [2.45, 2.75) is 0 Å². The molecule has 0 amide bonds. The van der Waals surface area contributed by atoms with Crippen LogP contribution in [0.2, 0.25) is 0 Å². The van der Waals surface area contributed by atoms with Gasteiger partial charge in [0.15, 0.2) is 5.82 Å². The van der Waals surface area contributed by atoms with E-state index in [1.165, 1.54) is 0 Å². The molecule has 0 aromatic heterocycles. The van der Waals surface area contributed by atoms with Crippen molar-refractivity contribution in [2.24, 2.45) is 0 Å². The Kier molecular flexibility index (Phi) is 1.75. The van der Waals surface area contributed by atoms with Gasteiger partial charge in [0.1, 0.15) is 12.0 Å². The van der Waals surface area contributed by atoms with Crippen molar-refractivity contribution in [3.63, 3.8) is 0 Å². The van der Waals surface area contributed by atoms with E-state index in [9.17, 15) is 0 Å². The van der Waals surface area contributed by atoms with Gasteiger partial charge in [0.25, 0.3) is 0 Å². The van der Waals surface area contributed by atoms with Crippen molar-refractivity contribution < 1.29 is 0 Å². The zero-order chi connectivity index (χ0) is 10.1. The smallest absolute Gasteiger partial charge is 0.164 e. The molecule has 0 bridgehead atoms. The number of hydrogen-bond donors (Lipinski definition) is 0. The van der Waals surface area contributed by atoms with Gasteiger partial charge in [0.05, 0.1) is 0 Å². The summed E-state index contributed by atoms with van der Waals surface area (Å²) >= 11 is 0. The molecule has 0 saturated heterocycles. The summed E-state index contributed by atoms with van der Waals surface area (Å²) in [5, 5.41) is 0. The maximum atomic E-state index is 4.25. The predicted molar refractivity (Wildman–Crippen MR) is 58.0 cm³/mol. The van der Waals surface area contributed by atoms with Crippen LogP contribution in [-0.4, -0.2) is 14.5 Å². The number of nitrogens with zero attached hydrogens (tertiary/aromatic N) is 3. The van der Waals surface area contributed by atoms with E-state index in [0.717, 1.165) is 17.2 Å². The first-order chi connectivity index (χ1) is 7.45. The lowest BCUT2D eigenvalue weighted by Crippen LogP contribution is -1.99. The molecule has 0 fully saturated rings. The van der Waals surface area contributed by atoms with Gasteiger partial charge in [0.2, 0.25) is 0 Å². The number of benzene rings is 1. The Morgan fingerprint density at radius 2 is 1.73 bits per heavy atom. The second-order valence-electron chi connectivity index (χ2n) is 3.30. The Hall–Kier alpha value is -2.16. The van der Waals surface area contributed by atoms with Crippen LogP contribution in [-0.2, 0) is 0 Å². The molecule has 2 aliphatic rings. The van der Waals surface area contributed by atoms with Crippen LogP contribution in [0, 0.1) is 0 Å². The number of rotatable bonds is 1. The highest BCUT2D eigenvalue weighted by Crippen LogP contribution is 2.20. The monoisotopic (exact) mass is 195 g/mol. The highest BCUT2D eigenvalue weighted by Gasteiger charge is 2.09. The fourth-order valence-corrected chi connectivity index (χ4v) is 1.66. The highest BCUT2D eigenvalue weighted by molar-refractivity contribution is 5.55. The van der Waals surface area contributed by atoms with Gasteiger partial charge >= 0.3 is 0 Å². The zero-order valence-corrected chi connectivity index (χ0v) is 8.04. The lowest BCUT2D eigenvalue weighted by atomic mass is 10.2. The average Bonchev–Trinajstić information content (AvgIpc) is 2.78. The summed E-state index contributed by atoms with van der Waals surface area (Å²) < 4.78 is 2.03. The summed E-state index contributed by atoms with van der Waals surface area (Å²) in [5.74, 6) is 0.892. The van der Waals surface area contributed by atoms with E-state index >= 15 is 0 Å². The van der Waals surface area contributed by atoms with Crippen molar-refractivity contribution >= 4 is 0 Å². The second kappa shape index (κ2) is 3.20. The molecule has 3 rings (SSSR count). The molecule has 3 nitrogen and oxygen atoms in total. The first kappa shape index (κ1) is 8.17. The topological polar surface area (TPSA) is 30.7 Å². The van der Waals surface area contributed by atoms with Crippen LogP contribution in [0.5, 0.6) is 0 Å². The van der Waals surface area contributed by atoms with Crippen LogP contribution in [0.15, 0.2) is 55.0 Å². The minimum absolute atomic E-state index is 0.892. The van der Waals surface area contributed by atoms with Crippen molar-refractivity contribution in [1.82, 2.24) is 14.5 Å². The lowest BCUT2D eigenvalue weighted by Gasteiger charge is -2.09. The van der Waals surface area contributed by atoms with Crippen LogP contribution < -0.4 is 0 Å². The summed E-state index contributed by atoms with van der Waals surface area (Å²) in [4.78, 5) is 8.42. The van der Waals surface area contributed by atoms with Crippen LogP contribution in [0.25, 0.3) is 17.2 Å². The van der Waals surface area contributed by atoms with Gasteiger partial charge in [-0.25, -0.2) is 9.97 Å². The Morgan fingerprint density at radius 1 is 0.867 bits per heavy atom. The first-order valence-corrected chi connectivity index (χ1v) is 4.79. The number of pyridine rings is 1. The third-order valence-electron chi connectivity index (χ3n) is 2.36. The second-order valence-corrected chi connectivity index (χ2v) is 3.30. The Labute approximate surface area is 87.4 Å². The molecule has 0 N–H and O–H groups in total. The summed E-state index contributed by atoms with van der Waals surface area (Å²) in [7, 11) is 0. The predicted octanol–water partition coefficient (Wildman–Crippen LogP) is 2.37. The first-order valence-electron chi connectivity index (χ1n) is 4.79. The van der Waals surface area contributed by atoms with Crippen molar-refractivity contribution in [1.29, 1.82) is 0 Å². The molecule has 2 heterocycles. The molecule has 15 heavy (non-hydrogen) atoms. The molecule has 3 heteroatoms. The number of imidazole rings is 1. The summed E-state index contributed by atoms with van der Waals surface area (Å²) in [6, 6.07) is 14.1. The SMILES string of the molecule is c1ccc(-n2cccc3ncnc2-3)cc1. The molecule has 0 saturated carbocycles. The van der Waals surface area contributed by atoms with Crippen LogP contribution in [0.4, 0.5) is 0 Å². The summed E-state index contributed by atoms with van der Waals surface area (Å²) in [6.07, 6.45) is 3.58. The van der Waals surface area contributed by atoms with Crippen molar-refractivity contribution in [3.05, 3.63) is 55.0 Å².